The van der Waals surface area contributed by atoms with Crippen molar-refractivity contribution < 1.29 is 14.3 Å². The fraction of sp³-hybridized carbons (Fsp3) is 0.188. The highest BCUT2D eigenvalue weighted by Gasteiger charge is 2.15. The van der Waals surface area contributed by atoms with Crippen LogP contribution in [0.3, 0.4) is 0 Å². The predicted octanol–water partition coefficient (Wildman–Crippen LogP) is 3.73. The van der Waals surface area contributed by atoms with Crippen molar-refractivity contribution in [2.24, 2.45) is 0 Å². The lowest BCUT2D eigenvalue weighted by Crippen LogP contribution is -2.30. The zero-order valence-corrected chi connectivity index (χ0v) is 12.8. The molecule has 0 fully saturated rings. The van der Waals surface area contributed by atoms with Crippen LogP contribution in [0.2, 0.25) is 5.02 Å². The molecule has 1 heterocycles. The van der Waals surface area contributed by atoms with Gasteiger partial charge in [-0.1, -0.05) is 17.7 Å². The second-order valence-electron chi connectivity index (χ2n) is 4.98. The number of rotatable bonds is 3. The Labute approximate surface area is 133 Å². The van der Waals surface area contributed by atoms with Crippen molar-refractivity contribution in [1.82, 2.24) is 4.90 Å². The van der Waals surface area contributed by atoms with E-state index >= 15 is 0 Å². The normalized spacial score (nSPS) is 12.1. The molecule has 0 aliphatic carbocycles. The molecule has 5 nitrogen and oxygen atoms in total. The maximum atomic E-state index is 12.2. The van der Waals surface area contributed by atoms with Gasteiger partial charge in [-0.25, -0.2) is 4.79 Å². The first-order valence-electron chi connectivity index (χ1n) is 6.78. The molecule has 2 aromatic rings. The van der Waals surface area contributed by atoms with E-state index in [1.165, 1.54) is 0 Å². The zero-order chi connectivity index (χ0) is 15.5. The number of anilines is 1. The Morgan fingerprint density at radius 1 is 1.18 bits per heavy atom. The van der Waals surface area contributed by atoms with Gasteiger partial charge in [0.15, 0.2) is 11.5 Å². The number of ether oxygens (including phenoxy) is 2. The lowest BCUT2D eigenvalue weighted by Gasteiger charge is -2.18. The number of hydrogen-bond donors (Lipinski definition) is 1. The summed E-state index contributed by atoms with van der Waals surface area (Å²) in [7, 11) is 1.73. The van der Waals surface area contributed by atoms with E-state index in [-0.39, 0.29) is 12.8 Å². The molecule has 1 N–H and O–H groups in total. The summed E-state index contributed by atoms with van der Waals surface area (Å²) in [5, 5.41) is 3.45. The fourth-order valence-corrected chi connectivity index (χ4v) is 2.26. The molecule has 0 saturated carbocycles. The average molecular weight is 319 g/mol. The van der Waals surface area contributed by atoms with Crippen LogP contribution >= 0.6 is 11.6 Å². The summed E-state index contributed by atoms with van der Waals surface area (Å²) in [4.78, 5) is 13.8. The third kappa shape index (κ3) is 3.26. The van der Waals surface area contributed by atoms with Gasteiger partial charge in [-0.05, 0) is 42.0 Å². The Bertz CT molecular complexity index is 688. The predicted molar refractivity (Wildman–Crippen MR) is 84.5 cm³/mol. The maximum Gasteiger partial charge on any atom is 0.321 e. The van der Waals surface area contributed by atoms with Crippen molar-refractivity contribution in [2.45, 2.75) is 6.54 Å². The number of amides is 2. The number of nitrogens with one attached hydrogen (secondary N) is 1. The minimum absolute atomic E-state index is 0.194. The average Bonchev–Trinajstić information content (AvgIpc) is 2.97. The molecule has 3 rings (SSSR count). The van der Waals surface area contributed by atoms with Crippen LogP contribution in [0.15, 0.2) is 42.5 Å². The van der Waals surface area contributed by atoms with Crippen molar-refractivity contribution in [2.75, 3.05) is 19.2 Å². The molecule has 1 aliphatic heterocycles. The van der Waals surface area contributed by atoms with Gasteiger partial charge >= 0.3 is 6.03 Å². The van der Waals surface area contributed by atoms with Crippen LogP contribution in [0.25, 0.3) is 0 Å². The standard InChI is InChI=1S/C16H15ClN2O3/c1-19(16(20)18-13-5-3-12(17)4-6-13)9-11-2-7-14-15(8-11)22-10-21-14/h2-8H,9-10H2,1H3,(H,18,20). The maximum absolute atomic E-state index is 12.2. The lowest BCUT2D eigenvalue weighted by molar-refractivity contribution is 0.174. The smallest absolute Gasteiger partial charge is 0.321 e. The number of hydrogen-bond acceptors (Lipinski definition) is 3. The van der Waals surface area contributed by atoms with Gasteiger partial charge in [-0.15, -0.1) is 0 Å². The molecule has 0 unspecified atom stereocenters. The summed E-state index contributed by atoms with van der Waals surface area (Å²) < 4.78 is 10.6. The topological polar surface area (TPSA) is 50.8 Å². The number of halogens is 1. The van der Waals surface area contributed by atoms with E-state index in [1.54, 1.807) is 36.2 Å². The number of benzene rings is 2. The number of nitrogens with zero attached hydrogens (tertiary/aromatic N) is 1. The molecule has 22 heavy (non-hydrogen) atoms. The van der Waals surface area contributed by atoms with E-state index in [1.807, 2.05) is 18.2 Å². The molecule has 0 saturated heterocycles. The van der Waals surface area contributed by atoms with Gasteiger partial charge in [-0.2, -0.15) is 0 Å². The van der Waals surface area contributed by atoms with E-state index in [4.69, 9.17) is 21.1 Å². The third-order valence-corrected chi connectivity index (χ3v) is 3.55. The molecule has 2 amide bonds. The first kappa shape index (κ1) is 14.5. The molecule has 114 valence electrons. The Kier molecular flexibility index (Phi) is 4.06. The van der Waals surface area contributed by atoms with Gasteiger partial charge in [0.25, 0.3) is 0 Å². The van der Waals surface area contributed by atoms with E-state index in [0.717, 1.165) is 11.3 Å². The first-order valence-corrected chi connectivity index (χ1v) is 7.16. The molecular weight excluding hydrogens is 304 g/mol. The van der Waals surface area contributed by atoms with E-state index in [2.05, 4.69) is 5.32 Å². The Morgan fingerprint density at radius 3 is 2.68 bits per heavy atom. The second-order valence-corrected chi connectivity index (χ2v) is 5.42. The van der Waals surface area contributed by atoms with E-state index < -0.39 is 0 Å². The molecule has 0 aromatic heterocycles. The fourth-order valence-electron chi connectivity index (χ4n) is 2.14. The summed E-state index contributed by atoms with van der Waals surface area (Å²) in [6.07, 6.45) is 0. The SMILES string of the molecule is CN(Cc1ccc2c(c1)OCO2)C(=O)Nc1ccc(Cl)cc1. The summed E-state index contributed by atoms with van der Waals surface area (Å²) >= 11 is 5.82. The van der Waals surface area contributed by atoms with Gasteiger partial charge in [0.05, 0.1) is 0 Å². The highest BCUT2D eigenvalue weighted by Crippen LogP contribution is 2.32. The lowest BCUT2D eigenvalue weighted by atomic mass is 10.2. The summed E-state index contributed by atoms with van der Waals surface area (Å²) in [6, 6.07) is 12.4. The highest BCUT2D eigenvalue weighted by atomic mass is 35.5. The zero-order valence-electron chi connectivity index (χ0n) is 12.0. The molecule has 2 aromatic carbocycles. The highest BCUT2D eigenvalue weighted by molar-refractivity contribution is 6.30. The molecule has 6 heteroatoms. The minimum atomic E-state index is -0.194. The number of carbonyl (C=O) groups is 1. The van der Waals surface area contributed by atoms with Gasteiger partial charge in [0.2, 0.25) is 6.79 Å². The molecule has 1 aliphatic rings. The van der Waals surface area contributed by atoms with Crippen molar-refractivity contribution in [1.29, 1.82) is 0 Å². The summed E-state index contributed by atoms with van der Waals surface area (Å²) in [6.45, 7) is 0.710. The second kappa shape index (κ2) is 6.15. The number of fused-ring (bicyclic) bond motifs is 1. The molecular formula is C16H15ClN2O3. The monoisotopic (exact) mass is 318 g/mol. The van der Waals surface area contributed by atoms with Crippen molar-refractivity contribution in [3.63, 3.8) is 0 Å². The van der Waals surface area contributed by atoms with Gasteiger partial charge < -0.3 is 19.7 Å². The Morgan fingerprint density at radius 2 is 1.91 bits per heavy atom. The van der Waals surface area contributed by atoms with Gasteiger partial charge in [0.1, 0.15) is 0 Å². The quantitative estimate of drug-likeness (QED) is 0.938. The van der Waals surface area contributed by atoms with Crippen LogP contribution in [0.4, 0.5) is 10.5 Å². The van der Waals surface area contributed by atoms with Crippen LogP contribution in [0, 0.1) is 0 Å². The van der Waals surface area contributed by atoms with Crippen molar-refractivity contribution in [3.8, 4) is 11.5 Å². The van der Waals surface area contributed by atoms with Crippen LogP contribution in [0.1, 0.15) is 5.56 Å². The third-order valence-electron chi connectivity index (χ3n) is 3.30. The largest absolute Gasteiger partial charge is 0.454 e. The van der Waals surface area contributed by atoms with Gasteiger partial charge in [-0.3, -0.25) is 0 Å². The molecule has 0 atom stereocenters. The number of carbonyl (C=O) groups excluding carboxylic acids is 1. The van der Waals surface area contributed by atoms with Gasteiger partial charge in [0, 0.05) is 24.3 Å². The van der Waals surface area contributed by atoms with Crippen molar-refractivity contribution >= 4 is 23.3 Å². The number of urea groups is 1. The first-order chi connectivity index (χ1) is 10.6. The molecule has 0 spiro atoms. The molecule has 0 radical (unpaired) electrons. The molecule has 0 bridgehead atoms. The van der Waals surface area contributed by atoms with Crippen LogP contribution < -0.4 is 14.8 Å². The van der Waals surface area contributed by atoms with Crippen molar-refractivity contribution in [3.05, 3.63) is 53.1 Å². The Hall–Kier alpha value is -2.40. The van der Waals surface area contributed by atoms with E-state index in [0.29, 0.717) is 23.0 Å². The minimum Gasteiger partial charge on any atom is -0.454 e. The summed E-state index contributed by atoms with van der Waals surface area (Å²) in [5.41, 5.74) is 1.67. The Balaban J connectivity index is 1.62. The van der Waals surface area contributed by atoms with E-state index in [9.17, 15) is 4.79 Å². The van der Waals surface area contributed by atoms with Crippen LogP contribution in [0.5, 0.6) is 11.5 Å². The summed E-state index contributed by atoms with van der Waals surface area (Å²) in [5.74, 6) is 1.45. The van der Waals surface area contributed by atoms with Crippen LogP contribution in [-0.4, -0.2) is 24.8 Å². The van der Waals surface area contributed by atoms with Crippen LogP contribution in [-0.2, 0) is 6.54 Å².